The number of carbonyl (C=O) groups excluding carboxylic acids is 4. The molecule has 7 nitrogen and oxygen atoms in total. The molecule has 2 saturated heterocycles. The lowest BCUT2D eigenvalue weighted by Gasteiger charge is -2.36. The fourth-order valence-corrected chi connectivity index (χ4v) is 5.52. The van der Waals surface area contributed by atoms with Gasteiger partial charge >= 0.3 is 0 Å². The third kappa shape index (κ3) is 2.83. The zero-order valence-corrected chi connectivity index (χ0v) is 18.1. The van der Waals surface area contributed by atoms with Crippen LogP contribution in [0.3, 0.4) is 0 Å². The van der Waals surface area contributed by atoms with E-state index in [9.17, 15) is 19.2 Å². The number of rotatable bonds is 4. The molecule has 0 spiro atoms. The summed E-state index contributed by atoms with van der Waals surface area (Å²) in [7, 11) is 0. The van der Waals surface area contributed by atoms with E-state index >= 15 is 0 Å². The van der Waals surface area contributed by atoms with Gasteiger partial charge in [-0.25, -0.2) is 0 Å². The predicted octanol–water partition coefficient (Wildman–Crippen LogP) is 2.78. The summed E-state index contributed by atoms with van der Waals surface area (Å²) in [6.07, 6.45) is 0.738. The summed E-state index contributed by atoms with van der Waals surface area (Å²) in [5, 5.41) is 0. The van der Waals surface area contributed by atoms with E-state index < -0.39 is 47.3 Å². The number of imide groups is 2. The average Bonchev–Trinajstić information content (AvgIpc) is 3.14. The minimum absolute atomic E-state index is 0.405. The van der Waals surface area contributed by atoms with Crippen LogP contribution in [0.25, 0.3) is 0 Å². The number of amides is 4. The minimum Gasteiger partial charge on any atom is -0.399 e. The highest BCUT2D eigenvalue weighted by atomic mass is 16.2. The second-order valence-electron chi connectivity index (χ2n) is 9.05. The van der Waals surface area contributed by atoms with Gasteiger partial charge in [0.2, 0.25) is 23.6 Å². The van der Waals surface area contributed by atoms with Crippen LogP contribution in [0.1, 0.15) is 11.1 Å². The molecule has 4 unspecified atom stereocenters. The van der Waals surface area contributed by atoms with E-state index in [0.29, 0.717) is 17.1 Å². The molecule has 0 radical (unpaired) electrons. The molecule has 0 aromatic heterocycles. The minimum atomic E-state index is -0.797. The molecular formula is C27H21N3O4. The highest BCUT2D eigenvalue weighted by Crippen LogP contribution is 2.57. The first-order valence-corrected chi connectivity index (χ1v) is 11.2. The lowest BCUT2D eigenvalue weighted by Crippen LogP contribution is -2.50. The molecule has 1 aliphatic carbocycles. The van der Waals surface area contributed by atoms with E-state index in [4.69, 9.17) is 5.73 Å². The molecule has 2 N–H and O–H groups in total. The Morgan fingerprint density at radius 2 is 0.912 bits per heavy atom. The van der Waals surface area contributed by atoms with Crippen LogP contribution in [0.4, 0.5) is 17.1 Å². The molecule has 168 valence electrons. The Balaban J connectivity index is 1.24. The first-order chi connectivity index (χ1) is 16.5. The van der Waals surface area contributed by atoms with E-state index in [0.717, 1.165) is 27.3 Å². The van der Waals surface area contributed by atoms with Gasteiger partial charge in [0.25, 0.3) is 0 Å². The average molecular weight is 451 g/mol. The number of fused-ring (bicyclic) bond motifs is 4. The molecule has 3 aliphatic rings. The molecule has 2 aliphatic heterocycles. The molecule has 2 heterocycles. The first-order valence-electron chi connectivity index (χ1n) is 11.2. The van der Waals surface area contributed by atoms with Gasteiger partial charge in [-0.05, 0) is 53.9 Å². The van der Waals surface area contributed by atoms with Gasteiger partial charge in [0.1, 0.15) is 0 Å². The van der Waals surface area contributed by atoms with E-state index in [2.05, 4.69) is 0 Å². The summed E-state index contributed by atoms with van der Waals surface area (Å²) in [4.78, 5) is 54.9. The van der Waals surface area contributed by atoms with E-state index in [-0.39, 0.29) is 0 Å². The van der Waals surface area contributed by atoms with E-state index in [1.807, 2.05) is 42.5 Å². The molecule has 4 amide bonds. The maximum absolute atomic E-state index is 13.2. The molecule has 4 atom stereocenters. The van der Waals surface area contributed by atoms with Gasteiger partial charge < -0.3 is 5.73 Å². The Bertz CT molecular complexity index is 1290. The Labute approximate surface area is 195 Å². The summed E-state index contributed by atoms with van der Waals surface area (Å²) < 4.78 is 0. The summed E-state index contributed by atoms with van der Waals surface area (Å²) in [5.74, 6) is -4.86. The molecule has 3 fully saturated rings. The van der Waals surface area contributed by atoms with Crippen LogP contribution in [0.15, 0.2) is 78.9 Å². The van der Waals surface area contributed by atoms with Crippen molar-refractivity contribution in [2.24, 2.45) is 23.7 Å². The highest BCUT2D eigenvalue weighted by Gasteiger charge is 2.73. The van der Waals surface area contributed by atoms with Crippen molar-refractivity contribution in [3.63, 3.8) is 0 Å². The standard InChI is InChI=1S/C27H21N3O4/c28-17-8-12-19(13-9-17)30-26(33)22-20-21(23(22)27(30)34)25(32)29(24(20)31)18-10-6-16(7-11-18)14-15-4-2-1-3-5-15/h1-13,20-23H,14,28H2. The van der Waals surface area contributed by atoms with Gasteiger partial charge in [-0.3, -0.25) is 29.0 Å². The number of benzene rings is 3. The van der Waals surface area contributed by atoms with Crippen LogP contribution < -0.4 is 15.5 Å². The molecule has 1 saturated carbocycles. The SMILES string of the molecule is Nc1ccc(N2C(=O)C3C(C2=O)C2C(=O)N(c4ccc(Cc5ccccc5)cc4)C(=O)C32)cc1. The number of carbonyl (C=O) groups is 4. The number of anilines is 3. The quantitative estimate of drug-likeness (QED) is 0.486. The summed E-state index contributed by atoms with van der Waals surface area (Å²) in [5.41, 5.74) is 9.31. The first kappa shape index (κ1) is 20.4. The van der Waals surface area contributed by atoms with Crippen molar-refractivity contribution < 1.29 is 19.2 Å². The number of hydrogen-bond donors (Lipinski definition) is 1. The van der Waals surface area contributed by atoms with Crippen LogP contribution >= 0.6 is 0 Å². The molecule has 7 heteroatoms. The third-order valence-electron chi connectivity index (χ3n) is 7.17. The fraction of sp³-hybridized carbons (Fsp3) is 0.185. The van der Waals surface area contributed by atoms with Crippen molar-refractivity contribution >= 4 is 40.7 Å². The van der Waals surface area contributed by atoms with Crippen molar-refractivity contribution in [3.8, 4) is 0 Å². The molecule has 6 rings (SSSR count). The number of nitrogens with two attached hydrogens (primary N) is 1. The summed E-state index contributed by atoms with van der Waals surface area (Å²) in [6, 6.07) is 23.7. The van der Waals surface area contributed by atoms with Crippen LogP contribution in [-0.2, 0) is 25.6 Å². The Hall–Kier alpha value is -4.26. The second-order valence-corrected chi connectivity index (χ2v) is 9.05. The molecule has 3 aromatic carbocycles. The van der Waals surface area contributed by atoms with Gasteiger partial charge in [-0.2, -0.15) is 0 Å². The number of hydrogen-bond acceptors (Lipinski definition) is 5. The maximum Gasteiger partial charge on any atom is 0.238 e. The molecule has 3 aromatic rings. The van der Waals surface area contributed by atoms with E-state index in [1.54, 1.807) is 36.4 Å². The topological polar surface area (TPSA) is 101 Å². The Kier molecular flexibility index (Phi) is 4.42. The lowest BCUT2D eigenvalue weighted by molar-refractivity contribution is -0.146. The van der Waals surface area contributed by atoms with Crippen molar-refractivity contribution in [2.45, 2.75) is 6.42 Å². The van der Waals surface area contributed by atoms with Crippen molar-refractivity contribution in [1.82, 2.24) is 0 Å². The summed E-state index contributed by atoms with van der Waals surface area (Å²) >= 11 is 0. The largest absolute Gasteiger partial charge is 0.399 e. The van der Waals surface area contributed by atoms with Crippen LogP contribution in [0, 0.1) is 23.7 Å². The van der Waals surface area contributed by atoms with Crippen molar-refractivity contribution in [1.29, 1.82) is 0 Å². The van der Waals surface area contributed by atoms with Crippen LogP contribution in [-0.4, -0.2) is 23.6 Å². The van der Waals surface area contributed by atoms with Gasteiger partial charge in [0.15, 0.2) is 0 Å². The summed E-state index contributed by atoms with van der Waals surface area (Å²) in [6.45, 7) is 0. The number of nitrogens with zero attached hydrogens (tertiary/aromatic N) is 2. The van der Waals surface area contributed by atoms with Gasteiger partial charge in [-0.15, -0.1) is 0 Å². The monoisotopic (exact) mass is 451 g/mol. The van der Waals surface area contributed by atoms with Crippen molar-refractivity contribution in [2.75, 3.05) is 15.5 Å². The molecule has 0 bridgehead atoms. The van der Waals surface area contributed by atoms with Gasteiger partial charge in [0.05, 0.1) is 35.0 Å². The lowest BCUT2D eigenvalue weighted by atomic mass is 9.59. The van der Waals surface area contributed by atoms with Crippen molar-refractivity contribution in [3.05, 3.63) is 90.0 Å². The zero-order valence-electron chi connectivity index (χ0n) is 18.1. The Morgan fingerprint density at radius 1 is 0.529 bits per heavy atom. The van der Waals surface area contributed by atoms with E-state index in [1.165, 1.54) is 0 Å². The second kappa shape index (κ2) is 7.38. The smallest absolute Gasteiger partial charge is 0.238 e. The van der Waals surface area contributed by atoms with Gasteiger partial charge in [0, 0.05) is 5.69 Å². The van der Waals surface area contributed by atoms with Crippen LogP contribution in [0.2, 0.25) is 0 Å². The fourth-order valence-electron chi connectivity index (χ4n) is 5.52. The number of nitrogen functional groups attached to an aromatic ring is 1. The maximum atomic E-state index is 13.2. The highest BCUT2D eigenvalue weighted by molar-refractivity contribution is 6.32. The third-order valence-corrected chi connectivity index (χ3v) is 7.17. The molecular weight excluding hydrogens is 430 g/mol. The normalized spacial score (nSPS) is 25.4. The molecule has 34 heavy (non-hydrogen) atoms. The zero-order chi connectivity index (χ0) is 23.6. The van der Waals surface area contributed by atoms with Crippen LogP contribution in [0.5, 0.6) is 0 Å². The predicted molar refractivity (Wildman–Crippen MR) is 125 cm³/mol. The van der Waals surface area contributed by atoms with Gasteiger partial charge in [-0.1, -0.05) is 42.5 Å². The Morgan fingerprint density at radius 3 is 1.35 bits per heavy atom.